The minimum atomic E-state index is -0.929. The molecule has 168 valence electrons. The van der Waals surface area contributed by atoms with Crippen molar-refractivity contribution in [3.8, 4) is 5.69 Å². The molecule has 8 nitrogen and oxygen atoms in total. The molecule has 3 aromatic heterocycles. The Morgan fingerprint density at radius 2 is 1.85 bits per heavy atom. The molecule has 33 heavy (non-hydrogen) atoms. The molecule has 1 aromatic carbocycles. The Bertz CT molecular complexity index is 1330. The van der Waals surface area contributed by atoms with Gasteiger partial charge in [-0.15, -0.1) is 0 Å². The predicted molar refractivity (Wildman–Crippen MR) is 118 cm³/mol. The van der Waals surface area contributed by atoms with Crippen molar-refractivity contribution in [2.24, 2.45) is 0 Å². The van der Waals surface area contributed by atoms with Crippen LogP contribution in [0.1, 0.15) is 15.9 Å². The van der Waals surface area contributed by atoms with Crippen LogP contribution in [0.25, 0.3) is 16.7 Å². The second kappa shape index (κ2) is 8.55. The van der Waals surface area contributed by atoms with Gasteiger partial charge < -0.3 is 19.5 Å². The van der Waals surface area contributed by atoms with Gasteiger partial charge in [0, 0.05) is 37.1 Å². The molecule has 4 aromatic rings. The molecule has 10 heteroatoms. The highest BCUT2D eigenvalue weighted by atomic mass is 19.1. The van der Waals surface area contributed by atoms with Gasteiger partial charge in [0.15, 0.2) is 0 Å². The number of ether oxygens (including phenoxy) is 1. The molecule has 0 radical (unpaired) electrons. The first kappa shape index (κ1) is 21.0. The second-order valence-electron chi connectivity index (χ2n) is 7.72. The van der Waals surface area contributed by atoms with Gasteiger partial charge in [0.05, 0.1) is 30.8 Å². The van der Waals surface area contributed by atoms with Crippen molar-refractivity contribution < 1.29 is 18.3 Å². The number of nitrogens with one attached hydrogen (secondary N) is 1. The van der Waals surface area contributed by atoms with E-state index in [0.717, 1.165) is 23.4 Å². The van der Waals surface area contributed by atoms with Crippen molar-refractivity contribution in [3.63, 3.8) is 0 Å². The third-order valence-electron chi connectivity index (χ3n) is 5.38. The Balaban J connectivity index is 1.49. The van der Waals surface area contributed by atoms with Crippen molar-refractivity contribution in [1.29, 1.82) is 0 Å². The molecular weight excluding hydrogens is 430 g/mol. The van der Waals surface area contributed by atoms with Gasteiger partial charge in [-0.05, 0) is 36.8 Å². The lowest BCUT2D eigenvalue weighted by molar-refractivity contribution is 0.0296. The van der Waals surface area contributed by atoms with Gasteiger partial charge >= 0.3 is 0 Å². The van der Waals surface area contributed by atoms with Crippen LogP contribution in [-0.2, 0) is 4.74 Å². The van der Waals surface area contributed by atoms with Crippen molar-refractivity contribution in [2.45, 2.75) is 6.92 Å². The zero-order valence-electron chi connectivity index (χ0n) is 17.8. The van der Waals surface area contributed by atoms with E-state index >= 15 is 0 Å². The average molecular weight is 450 g/mol. The largest absolute Gasteiger partial charge is 0.378 e. The van der Waals surface area contributed by atoms with Crippen LogP contribution in [0.2, 0.25) is 0 Å². The van der Waals surface area contributed by atoms with Crippen LogP contribution in [0.5, 0.6) is 0 Å². The Hall–Kier alpha value is -3.92. The van der Waals surface area contributed by atoms with Crippen LogP contribution in [0.3, 0.4) is 0 Å². The monoisotopic (exact) mass is 450 g/mol. The average Bonchev–Trinajstić information content (AvgIpc) is 3.22. The van der Waals surface area contributed by atoms with Gasteiger partial charge in [0.2, 0.25) is 5.95 Å². The molecule has 1 aliphatic heterocycles. The van der Waals surface area contributed by atoms with Gasteiger partial charge in [-0.3, -0.25) is 9.78 Å². The first-order chi connectivity index (χ1) is 16.0. The summed E-state index contributed by atoms with van der Waals surface area (Å²) in [6.07, 6.45) is 6.65. The second-order valence-corrected chi connectivity index (χ2v) is 7.72. The molecule has 5 rings (SSSR count). The summed E-state index contributed by atoms with van der Waals surface area (Å²) in [6, 6.07) is 5.91. The fourth-order valence-electron chi connectivity index (χ4n) is 3.77. The van der Waals surface area contributed by atoms with E-state index in [2.05, 4.69) is 20.3 Å². The maximum absolute atomic E-state index is 14.9. The minimum Gasteiger partial charge on any atom is -0.378 e. The summed E-state index contributed by atoms with van der Waals surface area (Å²) >= 11 is 0. The first-order valence-electron chi connectivity index (χ1n) is 10.4. The molecular formula is C23H20F2N6O2. The number of halogens is 2. The lowest BCUT2D eigenvalue weighted by Gasteiger charge is -2.27. The third kappa shape index (κ3) is 4.12. The normalized spacial score (nSPS) is 14.0. The van der Waals surface area contributed by atoms with E-state index in [1.807, 2.05) is 13.0 Å². The van der Waals surface area contributed by atoms with Crippen molar-refractivity contribution in [2.75, 3.05) is 31.6 Å². The minimum absolute atomic E-state index is 0.209. The molecule has 0 saturated carbocycles. The van der Waals surface area contributed by atoms with E-state index in [1.54, 1.807) is 35.4 Å². The number of hydrogen-bond acceptors (Lipinski definition) is 6. The first-order valence-corrected chi connectivity index (χ1v) is 10.4. The maximum Gasteiger partial charge on any atom is 0.259 e. The lowest BCUT2D eigenvalue weighted by Crippen LogP contribution is -2.41. The summed E-state index contributed by atoms with van der Waals surface area (Å²) in [5, 5.41) is 3.77. The number of carbonyl (C=O) groups is 1. The quantitative estimate of drug-likeness (QED) is 0.511. The number of rotatable bonds is 4. The number of aryl methyl sites for hydroxylation is 1. The van der Waals surface area contributed by atoms with Crippen LogP contribution >= 0.6 is 0 Å². The number of pyridine rings is 1. The highest BCUT2D eigenvalue weighted by Gasteiger charge is 2.26. The van der Waals surface area contributed by atoms with E-state index in [9.17, 15) is 13.6 Å². The fraction of sp³-hybridized carbons (Fsp3) is 0.217. The molecule has 0 aliphatic carbocycles. The van der Waals surface area contributed by atoms with Crippen LogP contribution < -0.4 is 5.32 Å². The topological polar surface area (TPSA) is 85.2 Å². The van der Waals surface area contributed by atoms with E-state index < -0.39 is 23.1 Å². The molecule has 0 bridgehead atoms. The Kier molecular flexibility index (Phi) is 5.43. The van der Waals surface area contributed by atoms with Gasteiger partial charge in [0.1, 0.15) is 22.8 Å². The Morgan fingerprint density at radius 1 is 1.09 bits per heavy atom. The summed E-state index contributed by atoms with van der Waals surface area (Å²) in [7, 11) is 0. The Labute approximate surface area is 187 Å². The van der Waals surface area contributed by atoms with Crippen LogP contribution in [-0.4, -0.2) is 56.6 Å². The summed E-state index contributed by atoms with van der Waals surface area (Å²) < 4.78 is 36.6. The molecule has 1 amide bonds. The number of fused-ring (bicyclic) bond motifs is 1. The van der Waals surface area contributed by atoms with Crippen molar-refractivity contribution >= 4 is 28.6 Å². The molecule has 0 atom stereocenters. The number of aromatic nitrogens is 4. The van der Waals surface area contributed by atoms with E-state index in [4.69, 9.17) is 4.74 Å². The smallest absolute Gasteiger partial charge is 0.259 e. The van der Waals surface area contributed by atoms with Gasteiger partial charge in [-0.2, -0.15) is 4.98 Å². The Morgan fingerprint density at radius 3 is 2.58 bits per heavy atom. The predicted octanol–water partition coefficient (Wildman–Crippen LogP) is 3.62. The molecule has 1 N–H and O–H groups in total. The van der Waals surface area contributed by atoms with Crippen molar-refractivity contribution in [1.82, 2.24) is 24.4 Å². The van der Waals surface area contributed by atoms with Crippen LogP contribution in [0, 0.1) is 18.6 Å². The number of amides is 1. The molecule has 1 aliphatic rings. The third-order valence-corrected chi connectivity index (χ3v) is 5.38. The summed E-state index contributed by atoms with van der Waals surface area (Å²) in [4.78, 5) is 27.0. The fourth-order valence-corrected chi connectivity index (χ4v) is 3.77. The molecule has 4 heterocycles. The zero-order valence-corrected chi connectivity index (χ0v) is 17.8. The number of hydrogen-bond donors (Lipinski definition) is 1. The maximum atomic E-state index is 14.9. The van der Waals surface area contributed by atoms with Gasteiger partial charge in [-0.25, -0.2) is 13.8 Å². The number of anilines is 2. The van der Waals surface area contributed by atoms with E-state index in [0.29, 0.717) is 43.3 Å². The SMILES string of the molecule is Cc1cncc(Nc2ncc3ccn(-c4cc(F)c(C(=O)N5CCOCC5)c(F)c4)c3n2)c1. The number of nitrogens with zero attached hydrogens (tertiary/aromatic N) is 5. The molecule has 1 saturated heterocycles. The standard InChI is InChI=1S/C23H20F2N6O2/c1-14-8-16(13-26-11-14)28-23-27-12-15-2-3-31(21(15)29-23)17-9-18(24)20(19(25)10-17)22(32)30-4-6-33-7-5-30/h2-3,8-13H,4-7H2,1H3,(H,27,28,29). The lowest BCUT2D eigenvalue weighted by atomic mass is 10.1. The number of morpholine rings is 1. The molecule has 0 spiro atoms. The number of benzene rings is 1. The summed E-state index contributed by atoms with van der Waals surface area (Å²) in [6.45, 7) is 3.20. The summed E-state index contributed by atoms with van der Waals surface area (Å²) in [5.74, 6) is -2.23. The highest BCUT2D eigenvalue weighted by Crippen LogP contribution is 2.25. The molecule has 1 fully saturated rings. The molecule has 0 unspecified atom stereocenters. The highest BCUT2D eigenvalue weighted by molar-refractivity contribution is 5.95. The summed E-state index contributed by atoms with van der Waals surface area (Å²) in [5.41, 5.74) is 1.79. The van der Waals surface area contributed by atoms with Crippen molar-refractivity contribution in [3.05, 3.63) is 71.8 Å². The van der Waals surface area contributed by atoms with E-state index in [-0.39, 0.29) is 5.69 Å². The van der Waals surface area contributed by atoms with Gasteiger partial charge in [0.25, 0.3) is 5.91 Å². The van der Waals surface area contributed by atoms with Crippen LogP contribution in [0.15, 0.2) is 49.1 Å². The number of carbonyl (C=O) groups excluding carboxylic acids is 1. The van der Waals surface area contributed by atoms with Crippen LogP contribution in [0.4, 0.5) is 20.4 Å². The van der Waals surface area contributed by atoms with E-state index in [1.165, 1.54) is 4.90 Å². The van der Waals surface area contributed by atoms with Gasteiger partial charge in [-0.1, -0.05) is 0 Å². The zero-order chi connectivity index (χ0) is 22.9.